The van der Waals surface area contributed by atoms with Gasteiger partial charge in [-0.25, -0.2) is 9.78 Å². The minimum absolute atomic E-state index is 0.370. The van der Waals surface area contributed by atoms with Crippen molar-refractivity contribution in [2.75, 3.05) is 24.5 Å². The third-order valence-corrected chi connectivity index (χ3v) is 6.93. The molecule has 0 fully saturated rings. The van der Waals surface area contributed by atoms with Gasteiger partial charge in [-0.05, 0) is 54.4 Å². The molecule has 0 spiro atoms. The Hall–Kier alpha value is -3.96. The van der Waals surface area contributed by atoms with Crippen molar-refractivity contribution in [3.8, 4) is 0 Å². The van der Waals surface area contributed by atoms with E-state index in [0.717, 1.165) is 54.1 Å². The molecule has 0 unspecified atom stereocenters. The Kier molecular flexibility index (Phi) is 6.83. The second-order valence-corrected chi connectivity index (χ2v) is 9.20. The van der Waals surface area contributed by atoms with Crippen LogP contribution in [-0.2, 0) is 13.1 Å². The number of benzene rings is 3. The zero-order valence-corrected chi connectivity index (χ0v) is 20.8. The molecule has 0 aliphatic carbocycles. The summed E-state index contributed by atoms with van der Waals surface area (Å²) < 4.78 is 0. The Morgan fingerprint density at radius 1 is 0.972 bits per heavy atom. The fraction of sp³-hybridized carbons (Fsp3) is 0.226. The number of aromatic nitrogens is 1. The van der Waals surface area contributed by atoms with Crippen LogP contribution in [0, 0.1) is 0 Å². The lowest BCUT2D eigenvalue weighted by atomic mass is 9.92. The van der Waals surface area contributed by atoms with Crippen molar-refractivity contribution in [2.24, 2.45) is 0 Å². The number of anilines is 1. The lowest BCUT2D eigenvalue weighted by Gasteiger charge is -2.30. The molecule has 1 aromatic heterocycles. The topological polar surface area (TPSA) is 56.7 Å². The van der Waals surface area contributed by atoms with Crippen LogP contribution in [0.3, 0.4) is 0 Å². The second-order valence-electron chi connectivity index (χ2n) is 9.20. The van der Waals surface area contributed by atoms with Crippen molar-refractivity contribution in [1.82, 2.24) is 9.88 Å². The number of hydrogen-bond donors (Lipinski definition) is 1. The predicted octanol–water partition coefficient (Wildman–Crippen LogP) is 6.34. The molecule has 0 atom stereocenters. The first-order chi connectivity index (χ1) is 17.6. The van der Waals surface area contributed by atoms with Crippen LogP contribution in [0.25, 0.3) is 22.6 Å². The smallest absolute Gasteiger partial charge is 0.336 e. The van der Waals surface area contributed by atoms with E-state index in [0.29, 0.717) is 17.5 Å². The number of carbonyl (C=O) groups is 1. The highest BCUT2D eigenvalue weighted by Gasteiger charge is 2.27. The lowest BCUT2D eigenvalue weighted by Crippen LogP contribution is -2.31. The fourth-order valence-electron chi connectivity index (χ4n) is 5.02. The van der Waals surface area contributed by atoms with E-state index >= 15 is 0 Å². The van der Waals surface area contributed by atoms with E-state index in [1.165, 1.54) is 11.3 Å². The average molecular weight is 478 g/mol. The zero-order valence-electron chi connectivity index (χ0n) is 20.8. The van der Waals surface area contributed by atoms with Gasteiger partial charge in [0, 0.05) is 42.8 Å². The zero-order chi connectivity index (χ0) is 25.1. The number of pyridine rings is 1. The maximum absolute atomic E-state index is 12.3. The van der Waals surface area contributed by atoms with Crippen molar-refractivity contribution in [3.05, 3.63) is 107 Å². The van der Waals surface area contributed by atoms with E-state index in [1.54, 1.807) is 0 Å². The average Bonchev–Trinajstić information content (AvgIpc) is 2.91. The van der Waals surface area contributed by atoms with Crippen molar-refractivity contribution in [1.29, 1.82) is 0 Å². The first-order valence-electron chi connectivity index (χ1n) is 12.5. The van der Waals surface area contributed by atoms with Gasteiger partial charge in [0.2, 0.25) is 0 Å². The Morgan fingerprint density at radius 2 is 1.69 bits per heavy atom. The SMILES string of the molecule is CCN1C/C(=C\c2ccc(N(CC)Cc3ccccc3)cc2)c2nc3ccccc3c(C(=O)O)c2C1. The molecular formula is C31H31N3O2. The lowest BCUT2D eigenvalue weighted by molar-refractivity contribution is 0.0696. The summed E-state index contributed by atoms with van der Waals surface area (Å²) in [5.74, 6) is -0.899. The normalized spacial score (nSPS) is 14.7. The number of aromatic carboxylic acids is 1. The van der Waals surface area contributed by atoms with Gasteiger partial charge in [0.25, 0.3) is 0 Å². The van der Waals surface area contributed by atoms with Crippen molar-refractivity contribution in [3.63, 3.8) is 0 Å². The molecule has 0 saturated heterocycles. The summed E-state index contributed by atoms with van der Waals surface area (Å²) in [5.41, 5.74) is 7.30. The molecule has 0 amide bonds. The summed E-state index contributed by atoms with van der Waals surface area (Å²) in [6, 6.07) is 26.6. The molecule has 182 valence electrons. The van der Waals surface area contributed by atoms with Crippen molar-refractivity contribution < 1.29 is 9.90 Å². The Morgan fingerprint density at radius 3 is 2.39 bits per heavy atom. The van der Waals surface area contributed by atoms with Crippen molar-refractivity contribution >= 4 is 34.2 Å². The number of hydrogen-bond acceptors (Lipinski definition) is 4. The molecule has 2 heterocycles. The minimum atomic E-state index is -0.899. The van der Waals surface area contributed by atoms with Gasteiger partial charge >= 0.3 is 5.97 Å². The van der Waals surface area contributed by atoms with E-state index in [1.807, 2.05) is 30.3 Å². The van der Waals surface area contributed by atoms with Crippen LogP contribution < -0.4 is 4.90 Å². The molecule has 3 aromatic carbocycles. The van der Waals surface area contributed by atoms with Crippen LogP contribution in [-0.4, -0.2) is 40.6 Å². The van der Waals surface area contributed by atoms with Gasteiger partial charge in [-0.15, -0.1) is 0 Å². The quantitative estimate of drug-likeness (QED) is 0.337. The maximum atomic E-state index is 12.3. The van der Waals surface area contributed by atoms with Gasteiger partial charge in [-0.2, -0.15) is 0 Å². The number of carboxylic acid groups (broad SMARTS) is 1. The monoisotopic (exact) mass is 477 g/mol. The van der Waals surface area contributed by atoms with Crippen LogP contribution in [0.4, 0.5) is 5.69 Å². The first-order valence-corrected chi connectivity index (χ1v) is 12.5. The summed E-state index contributed by atoms with van der Waals surface area (Å²) in [7, 11) is 0. The Bertz CT molecular complexity index is 1410. The van der Waals surface area contributed by atoms with Gasteiger partial charge in [-0.1, -0.05) is 67.6 Å². The van der Waals surface area contributed by atoms with Crippen LogP contribution in [0.15, 0.2) is 78.9 Å². The van der Waals surface area contributed by atoms with Gasteiger partial charge in [-0.3, -0.25) is 4.90 Å². The highest BCUT2D eigenvalue weighted by molar-refractivity contribution is 6.06. The van der Waals surface area contributed by atoms with E-state index in [9.17, 15) is 9.90 Å². The molecule has 5 rings (SSSR count). The van der Waals surface area contributed by atoms with Crippen LogP contribution in [0.5, 0.6) is 0 Å². The molecule has 0 saturated carbocycles. The molecule has 36 heavy (non-hydrogen) atoms. The molecule has 1 N–H and O–H groups in total. The first kappa shape index (κ1) is 23.8. The molecule has 0 radical (unpaired) electrons. The second kappa shape index (κ2) is 10.3. The number of nitrogens with zero attached hydrogens (tertiary/aromatic N) is 3. The molecule has 5 heteroatoms. The standard InChI is InChI=1S/C31H31N3O2/c1-3-33-20-24(30-27(21-33)29(31(35)36)26-12-8-9-13-28(26)32-30)18-22-14-16-25(17-15-22)34(4-2)19-23-10-6-5-7-11-23/h5-18H,3-4,19-21H2,1-2H3,(H,35,36)/b24-18+. The summed E-state index contributed by atoms with van der Waals surface area (Å²) in [4.78, 5) is 21.9. The van der Waals surface area contributed by atoms with E-state index in [2.05, 4.69) is 78.3 Å². The maximum Gasteiger partial charge on any atom is 0.336 e. The summed E-state index contributed by atoms with van der Waals surface area (Å²) in [5, 5.41) is 10.8. The highest BCUT2D eigenvalue weighted by atomic mass is 16.4. The van der Waals surface area contributed by atoms with Gasteiger partial charge in [0.1, 0.15) is 0 Å². The summed E-state index contributed by atoms with van der Waals surface area (Å²) >= 11 is 0. The Labute approximate surface area is 212 Å². The van der Waals surface area contributed by atoms with Crippen LogP contribution in [0.2, 0.25) is 0 Å². The number of fused-ring (bicyclic) bond motifs is 2. The van der Waals surface area contributed by atoms with Gasteiger partial charge in [0.15, 0.2) is 0 Å². The van der Waals surface area contributed by atoms with E-state index in [-0.39, 0.29) is 0 Å². The fourth-order valence-corrected chi connectivity index (χ4v) is 5.02. The Balaban J connectivity index is 1.52. The third kappa shape index (κ3) is 4.75. The predicted molar refractivity (Wildman–Crippen MR) is 147 cm³/mol. The highest BCUT2D eigenvalue weighted by Crippen LogP contribution is 2.34. The molecule has 5 nitrogen and oxygen atoms in total. The van der Waals surface area contributed by atoms with Gasteiger partial charge in [0.05, 0.1) is 16.8 Å². The van der Waals surface area contributed by atoms with E-state index in [4.69, 9.17) is 4.98 Å². The molecule has 1 aliphatic heterocycles. The van der Waals surface area contributed by atoms with Gasteiger partial charge < -0.3 is 10.0 Å². The molecular weight excluding hydrogens is 446 g/mol. The molecule has 0 bridgehead atoms. The minimum Gasteiger partial charge on any atom is -0.478 e. The van der Waals surface area contributed by atoms with E-state index < -0.39 is 5.97 Å². The molecule has 1 aliphatic rings. The van der Waals surface area contributed by atoms with Crippen LogP contribution >= 0.6 is 0 Å². The summed E-state index contributed by atoms with van der Waals surface area (Å²) in [6.07, 6.45) is 2.16. The number of para-hydroxylation sites is 1. The van der Waals surface area contributed by atoms with Crippen LogP contribution in [0.1, 0.15) is 46.6 Å². The van der Waals surface area contributed by atoms with Crippen molar-refractivity contribution in [2.45, 2.75) is 26.9 Å². The largest absolute Gasteiger partial charge is 0.478 e. The number of carboxylic acids is 1. The number of rotatable bonds is 7. The molecule has 4 aromatic rings. The third-order valence-electron chi connectivity index (χ3n) is 6.93. The summed E-state index contributed by atoms with van der Waals surface area (Å²) in [6.45, 7) is 8.24. The number of likely N-dealkylation sites (N-methyl/N-ethyl adjacent to an activating group) is 1.